The number of nitrogens with zero attached hydrogens (tertiary/aromatic N) is 1. The largest absolute Gasteiger partial charge is 0.504 e. The number of hydrogen-bond donors (Lipinski definition) is 3. The first-order valence-electron chi connectivity index (χ1n) is 6.41. The van der Waals surface area contributed by atoms with Gasteiger partial charge in [-0.05, 0) is 54.2 Å². The van der Waals surface area contributed by atoms with E-state index in [0.29, 0.717) is 21.5 Å². The molecule has 0 unspecified atom stereocenters. The van der Waals surface area contributed by atoms with Gasteiger partial charge in [0, 0.05) is 5.02 Å². The molecule has 0 aliphatic rings. The van der Waals surface area contributed by atoms with Gasteiger partial charge in [-0.1, -0.05) is 23.2 Å². The lowest BCUT2D eigenvalue weighted by molar-refractivity contribution is 0.373. The number of ether oxygens (including phenoxy) is 1. The van der Waals surface area contributed by atoms with Crippen molar-refractivity contribution in [2.45, 2.75) is 0 Å². The van der Waals surface area contributed by atoms with Gasteiger partial charge < -0.3 is 15.2 Å². The van der Waals surface area contributed by atoms with Gasteiger partial charge in [0.05, 0.1) is 24.0 Å². The van der Waals surface area contributed by atoms with Crippen molar-refractivity contribution in [1.82, 2.24) is 5.43 Å². The first-order valence-corrected chi connectivity index (χ1v) is 7.58. The van der Waals surface area contributed by atoms with Gasteiger partial charge in [-0.3, -0.25) is 5.43 Å². The Morgan fingerprint density at radius 1 is 1.26 bits per heavy atom. The Balaban J connectivity index is 1.96. The van der Waals surface area contributed by atoms with Crippen LogP contribution in [0.1, 0.15) is 5.56 Å². The Morgan fingerprint density at radius 3 is 2.74 bits per heavy atom. The summed E-state index contributed by atoms with van der Waals surface area (Å²) in [4.78, 5) is 0. The third-order valence-electron chi connectivity index (χ3n) is 2.76. The standard InChI is InChI=1S/C15H13Cl2N3O2S/c1-22-14-6-9(2-5-13(14)21)8-18-20-15(23)19-12-4-3-10(16)7-11(12)17/h2-8,21H,1H3,(H2,19,20,23)/b18-8+. The van der Waals surface area contributed by atoms with Crippen molar-refractivity contribution in [3.05, 3.63) is 52.0 Å². The van der Waals surface area contributed by atoms with E-state index in [-0.39, 0.29) is 10.9 Å². The van der Waals surface area contributed by atoms with Gasteiger partial charge in [0.15, 0.2) is 16.6 Å². The van der Waals surface area contributed by atoms with Gasteiger partial charge in [0.25, 0.3) is 0 Å². The van der Waals surface area contributed by atoms with E-state index in [1.165, 1.54) is 13.2 Å². The average molecular weight is 370 g/mol. The summed E-state index contributed by atoms with van der Waals surface area (Å²) in [6, 6.07) is 9.88. The predicted molar refractivity (Wildman–Crippen MR) is 98.1 cm³/mol. The number of thiocarbonyl (C=S) groups is 1. The van der Waals surface area contributed by atoms with Gasteiger partial charge in [0.2, 0.25) is 0 Å². The summed E-state index contributed by atoms with van der Waals surface area (Å²) in [6.45, 7) is 0. The molecule has 0 aliphatic carbocycles. The van der Waals surface area contributed by atoms with Gasteiger partial charge in [0.1, 0.15) is 0 Å². The number of halogens is 2. The van der Waals surface area contributed by atoms with Crippen molar-refractivity contribution < 1.29 is 9.84 Å². The number of methoxy groups -OCH3 is 1. The van der Waals surface area contributed by atoms with Crippen molar-refractivity contribution in [1.29, 1.82) is 0 Å². The van der Waals surface area contributed by atoms with Crippen molar-refractivity contribution in [2.75, 3.05) is 12.4 Å². The number of hydrazone groups is 1. The molecule has 23 heavy (non-hydrogen) atoms. The van der Waals surface area contributed by atoms with Crippen molar-refractivity contribution in [2.24, 2.45) is 5.10 Å². The molecule has 8 heteroatoms. The molecule has 2 aromatic rings. The molecular weight excluding hydrogens is 357 g/mol. The molecule has 0 aliphatic heterocycles. The minimum Gasteiger partial charge on any atom is -0.504 e. The fourth-order valence-electron chi connectivity index (χ4n) is 1.68. The lowest BCUT2D eigenvalue weighted by Crippen LogP contribution is -2.24. The zero-order valence-electron chi connectivity index (χ0n) is 12.0. The maximum atomic E-state index is 9.52. The third kappa shape index (κ3) is 4.99. The molecule has 0 spiro atoms. The fourth-order valence-corrected chi connectivity index (χ4v) is 2.30. The number of phenolic OH excluding ortho intramolecular Hbond substituents is 1. The highest BCUT2D eigenvalue weighted by Crippen LogP contribution is 2.26. The number of nitrogens with one attached hydrogen (secondary N) is 2. The molecule has 120 valence electrons. The molecule has 0 radical (unpaired) electrons. The molecule has 0 saturated heterocycles. The number of rotatable bonds is 4. The number of phenols is 1. The SMILES string of the molecule is COc1cc(/C=N/NC(=S)Nc2ccc(Cl)cc2Cl)ccc1O. The van der Waals surface area contributed by atoms with E-state index in [9.17, 15) is 5.11 Å². The molecule has 0 atom stereocenters. The van der Waals surface area contributed by atoms with E-state index in [1.807, 2.05) is 0 Å². The van der Waals surface area contributed by atoms with Gasteiger partial charge in [-0.2, -0.15) is 5.10 Å². The van der Waals surface area contributed by atoms with Crippen LogP contribution in [0.2, 0.25) is 10.0 Å². The van der Waals surface area contributed by atoms with E-state index in [4.69, 9.17) is 40.2 Å². The maximum Gasteiger partial charge on any atom is 0.191 e. The summed E-state index contributed by atoms with van der Waals surface area (Å²) in [7, 11) is 1.48. The molecular formula is C15H13Cl2N3O2S. The average Bonchev–Trinajstić information content (AvgIpc) is 2.52. The molecule has 0 saturated carbocycles. The zero-order chi connectivity index (χ0) is 16.8. The van der Waals surface area contributed by atoms with Gasteiger partial charge in [-0.15, -0.1) is 0 Å². The second-order valence-corrected chi connectivity index (χ2v) is 5.63. The summed E-state index contributed by atoms with van der Waals surface area (Å²) in [5.74, 6) is 0.426. The Morgan fingerprint density at radius 2 is 2.04 bits per heavy atom. The normalized spacial score (nSPS) is 10.6. The molecule has 2 rings (SSSR count). The quantitative estimate of drug-likeness (QED) is 0.431. The summed E-state index contributed by atoms with van der Waals surface area (Å²) in [5.41, 5.74) is 4.02. The van der Waals surface area contributed by atoms with Crippen LogP contribution < -0.4 is 15.5 Å². The molecule has 5 nitrogen and oxygen atoms in total. The Hall–Kier alpha value is -2.02. The van der Waals surface area contributed by atoms with Gasteiger partial charge in [-0.25, -0.2) is 0 Å². The van der Waals surface area contributed by atoms with Crippen LogP contribution in [0.25, 0.3) is 0 Å². The number of hydrogen-bond acceptors (Lipinski definition) is 4. The first kappa shape index (κ1) is 17.3. The number of benzene rings is 2. The van der Waals surface area contributed by atoms with Crippen molar-refractivity contribution >= 4 is 52.4 Å². The summed E-state index contributed by atoms with van der Waals surface area (Å²) in [5, 5.41) is 17.7. The molecule has 2 aromatic carbocycles. The molecule has 0 aromatic heterocycles. The zero-order valence-corrected chi connectivity index (χ0v) is 14.3. The lowest BCUT2D eigenvalue weighted by Gasteiger charge is -2.09. The highest BCUT2D eigenvalue weighted by atomic mass is 35.5. The highest BCUT2D eigenvalue weighted by Gasteiger charge is 2.03. The summed E-state index contributed by atoms with van der Waals surface area (Å²) >= 11 is 17.0. The van der Waals surface area contributed by atoms with E-state index >= 15 is 0 Å². The second-order valence-electron chi connectivity index (χ2n) is 4.38. The molecule has 0 amide bonds. The molecule has 0 heterocycles. The summed E-state index contributed by atoms with van der Waals surface area (Å²) in [6.07, 6.45) is 1.54. The van der Waals surface area contributed by atoms with Crippen LogP contribution in [0, 0.1) is 0 Å². The van der Waals surface area contributed by atoms with Crippen LogP contribution in [0.15, 0.2) is 41.5 Å². The Bertz CT molecular complexity index is 753. The van der Waals surface area contributed by atoms with Crippen LogP contribution >= 0.6 is 35.4 Å². The monoisotopic (exact) mass is 369 g/mol. The van der Waals surface area contributed by atoms with Crippen molar-refractivity contribution in [3.8, 4) is 11.5 Å². The molecule has 0 bridgehead atoms. The Labute approximate surface area is 148 Å². The predicted octanol–water partition coefficient (Wildman–Crippen LogP) is 4.03. The van der Waals surface area contributed by atoms with Crippen molar-refractivity contribution in [3.63, 3.8) is 0 Å². The minimum atomic E-state index is 0.0622. The minimum absolute atomic E-state index is 0.0622. The van der Waals surface area contributed by atoms with Crippen LogP contribution in [0.3, 0.4) is 0 Å². The molecule has 0 fully saturated rings. The van der Waals surface area contributed by atoms with Crippen LogP contribution in [-0.2, 0) is 0 Å². The van der Waals surface area contributed by atoms with E-state index in [2.05, 4.69) is 15.8 Å². The maximum absolute atomic E-state index is 9.52. The lowest BCUT2D eigenvalue weighted by atomic mass is 10.2. The van der Waals surface area contributed by atoms with Crippen LogP contribution in [0.5, 0.6) is 11.5 Å². The number of anilines is 1. The first-order chi connectivity index (χ1) is 11.0. The van der Waals surface area contributed by atoms with E-state index < -0.39 is 0 Å². The number of aromatic hydroxyl groups is 1. The molecule has 3 N–H and O–H groups in total. The summed E-state index contributed by atoms with van der Waals surface area (Å²) < 4.78 is 5.02. The van der Waals surface area contributed by atoms with Crippen LogP contribution in [0.4, 0.5) is 5.69 Å². The Kier molecular flexibility index (Phi) is 6.04. The van der Waals surface area contributed by atoms with Gasteiger partial charge >= 0.3 is 0 Å². The third-order valence-corrected chi connectivity index (χ3v) is 3.50. The van der Waals surface area contributed by atoms with E-state index in [0.717, 1.165) is 5.56 Å². The topological polar surface area (TPSA) is 65.9 Å². The fraction of sp³-hybridized carbons (Fsp3) is 0.0667. The highest BCUT2D eigenvalue weighted by molar-refractivity contribution is 7.80. The van der Waals surface area contributed by atoms with E-state index in [1.54, 1.807) is 36.5 Å². The van der Waals surface area contributed by atoms with Crippen LogP contribution in [-0.4, -0.2) is 23.5 Å². The smallest absolute Gasteiger partial charge is 0.191 e. The second kappa shape index (κ2) is 8.01.